The van der Waals surface area contributed by atoms with Crippen LogP contribution in [-0.2, 0) is 9.32 Å². The molecule has 178 valence electrons. The predicted octanol–water partition coefficient (Wildman–Crippen LogP) is 6.42. The monoisotopic (exact) mass is 458 g/mol. The van der Waals surface area contributed by atoms with Crippen molar-refractivity contribution in [2.24, 2.45) is 59.2 Å². The molecular weight excluding hydrogens is 415 g/mol. The van der Waals surface area contributed by atoms with Crippen molar-refractivity contribution in [3.05, 3.63) is 49.6 Å². The van der Waals surface area contributed by atoms with Crippen molar-refractivity contribution in [2.45, 2.75) is 52.1 Å². The van der Waals surface area contributed by atoms with Crippen molar-refractivity contribution in [1.29, 1.82) is 0 Å². The van der Waals surface area contributed by atoms with Crippen LogP contribution in [0.15, 0.2) is 49.6 Å². The van der Waals surface area contributed by atoms with Crippen molar-refractivity contribution in [3.8, 4) is 0 Å². The average molecular weight is 459 g/mol. The number of hydrogen-bond acceptors (Lipinski definition) is 3. The molecule has 3 rings (SSSR count). The van der Waals surface area contributed by atoms with Gasteiger partial charge >= 0.3 is 0 Å². The first kappa shape index (κ1) is 25.4. The molecule has 3 nitrogen and oxygen atoms in total. The molecule has 3 aliphatic carbocycles. The molecule has 32 heavy (non-hydrogen) atoms. The van der Waals surface area contributed by atoms with E-state index in [-0.39, 0.29) is 15.4 Å². The summed E-state index contributed by atoms with van der Waals surface area (Å²) in [4.78, 5) is 10.6. The third-order valence-electron chi connectivity index (χ3n) is 8.98. The zero-order valence-electron chi connectivity index (χ0n) is 20.1. The molecule has 0 aromatic rings. The number of rotatable bonds is 10. The maximum atomic E-state index is 10.6. The van der Waals surface area contributed by atoms with Crippen LogP contribution in [0.25, 0.3) is 0 Å². The molecule has 0 aromatic carbocycles. The van der Waals surface area contributed by atoms with Crippen LogP contribution < -0.4 is 0 Å². The van der Waals surface area contributed by atoms with Crippen molar-refractivity contribution in [2.75, 3.05) is 6.61 Å². The summed E-state index contributed by atoms with van der Waals surface area (Å²) in [5.41, 5.74) is 0.401. The second-order valence-electron chi connectivity index (χ2n) is 10.7. The molecule has 0 spiro atoms. The number of carbonyl (C=O) groups excluding carboxylic acids is 1. The van der Waals surface area contributed by atoms with Gasteiger partial charge in [0.25, 0.3) is 6.47 Å². The fourth-order valence-electron chi connectivity index (χ4n) is 6.72. The minimum absolute atomic E-state index is 0.233. The Labute approximate surface area is 197 Å². The molecule has 3 aliphatic rings. The minimum Gasteiger partial charge on any atom is -0.450 e. The molecule has 0 heterocycles. The molecule has 0 radical (unpaired) electrons. The van der Waals surface area contributed by atoms with E-state index in [9.17, 15) is 9.90 Å². The van der Waals surface area contributed by atoms with Gasteiger partial charge in [-0.3, -0.25) is 4.79 Å². The first-order valence-corrected chi connectivity index (χ1v) is 13.5. The van der Waals surface area contributed by atoms with E-state index < -0.39 is 0 Å². The summed E-state index contributed by atoms with van der Waals surface area (Å²) in [6, 6.07) is 0. The van der Waals surface area contributed by atoms with Crippen molar-refractivity contribution in [1.82, 2.24) is 0 Å². The summed E-state index contributed by atoms with van der Waals surface area (Å²) in [6.07, 6.45) is 18.6. The van der Waals surface area contributed by atoms with Crippen LogP contribution in [0.1, 0.15) is 46.5 Å². The first-order chi connectivity index (χ1) is 15.4. The summed E-state index contributed by atoms with van der Waals surface area (Å²) in [5, 5.41) is 9.90. The van der Waals surface area contributed by atoms with Gasteiger partial charge in [0.2, 0.25) is 0 Å². The van der Waals surface area contributed by atoms with E-state index in [4.69, 9.17) is 4.52 Å². The van der Waals surface area contributed by atoms with Gasteiger partial charge in [0.15, 0.2) is 0 Å². The number of hydrogen-bond donors (Lipinski definition) is 1. The van der Waals surface area contributed by atoms with Crippen LogP contribution in [0.4, 0.5) is 0 Å². The highest BCUT2D eigenvalue weighted by molar-refractivity contribution is 7.33. The van der Waals surface area contributed by atoms with Gasteiger partial charge in [0.05, 0.1) is 8.81 Å². The van der Waals surface area contributed by atoms with Crippen LogP contribution >= 0.6 is 8.81 Å². The van der Waals surface area contributed by atoms with Gasteiger partial charge in [-0.05, 0) is 84.9 Å². The van der Waals surface area contributed by atoms with E-state index >= 15 is 0 Å². The lowest BCUT2D eigenvalue weighted by Gasteiger charge is -2.19. The molecule has 0 saturated heterocycles. The van der Waals surface area contributed by atoms with Gasteiger partial charge in [-0.25, -0.2) is 0 Å². The van der Waals surface area contributed by atoms with Crippen molar-refractivity contribution < 1.29 is 14.4 Å². The van der Waals surface area contributed by atoms with Crippen LogP contribution in [0.3, 0.4) is 0 Å². The Morgan fingerprint density at radius 3 is 2.16 bits per heavy atom. The fourth-order valence-corrected chi connectivity index (χ4v) is 7.84. The second kappa shape index (κ2) is 11.8. The molecule has 3 fully saturated rings. The molecule has 12 atom stereocenters. The molecule has 4 heteroatoms. The molecule has 1 N–H and O–H groups in total. The Bertz CT molecular complexity index is 701. The van der Waals surface area contributed by atoms with Gasteiger partial charge in [0, 0.05) is 12.3 Å². The summed E-state index contributed by atoms with van der Waals surface area (Å²) in [6.45, 7) is 15.8. The van der Waals surface area contributed by atoms with Crippen LogP contribution in [0.5, 0.6) is 0 Å². The molecule has 0 aliphatic heterocycles. The van der Waals surface area contributed by atoms with E-state index in [1.807, 2.05) is 0 Å². The average Bonchev–Trinajstić information content (AvgIpc) is 3.41. The molecule has 0 aromatic heterocycles. The molecule has 3 saturated carbocycles. The van der Waals surface area contributed by atoms with E-state index in [1.165, 1.54) is 12.8 Å². The lowest BCUT2D eigenvalue weighted by molar-refractivity contribution is -0.119. The number of aliphatic hydroxyl groups excluding tert-OH is 1. The SMILES string of the molecule is C=CC1CC(/C=C\C2CC(/C=C\C3CC(C=C)C(POC=O)C3C)CC2C)C(CO)C1C. The van der Waals surface area contributed by atoms with Crippen molar-refractivity contribution in [3.63, 3.8) is 0 Å². The van der Waals surface area contributed by atoms with Crippen LogP contribution in [-0.4, -0.2) is 23.8 Å². The molecular formula is C28H43O3P. The van der Waals surface area contributed by atoms with Gasteiger partial charge in [-0.15, -0.1) is 13.2 Å². The maximum Gasteiger partial charge on any atom is 0.295 e. The Hall–Kier alpha value is -1.18. The number of allylic oxidation sites excluding steroid dienone is 6. The minimum atomic E-state index is 0.233. The Morgan fingerprint density at radius 2 is 1.50 bits per heavy atom. The molecule has 0 amide bonds. The zero-order valence-corrected chi connectivity index (χ0v) is 21.1. The summed E-state index contributed by atoms with van der Waals surface area (Å²) >= 11 is 0. The highest BCUT2D eigenvalue weighted by Crippen LogP contribution is 2.48. The fraction of sp³-hybridized carbons (Fsp3) is 0.679. The van der Waals surface area contributed by atoms with Crippen LogP contribution in [0, 0.1) is 59.2 Å². The summed E-state index contributed by atoms with van der Waals surface area (Å²) in [7, 11) is 0.233. The van der Waals surface area contributed by atoms with Gasteiger partial charge in [-0.2, -0.15) is 0 Å². The first-order valence-electron chi connectivity index (χ1n) is 12.5. The highest BCUT2D eigenvalue weighted by atomic mass is 31.1. The van der Waals surface area contributed by atoms with E-state index in [0.717, 1.165) is 12.8 Å². The Kier molecular flexibility index (Phi) is 9.38. The van der Waals surface area contributed by atoms with E-state index in [1.54, 1.807) is 0 Å². The van der Waals surface area contributed by atoms with E-state index in [0.29, 0.717) is 71.3 Å². The topological polar surface area (TPSA) is 46.5 Å². The third-order valence-corrected chi connectivity index (χ3v) is 10.4. The van der Waals surface area contributed by atoms with E-state index in [2.05, 4.69) is 70.4 Å². The summed E-state index contributed by atoms with van der Waals surface area (Å²) < 4.78 is 5.13. The van der Waals surface area contributed by atoms with Gasteiger partial charge in [0.1, 0.15) is 0 Å². The molecule has 12 unspecified atom stereocenters. The standard InChI is InChI=1S/C28H43O3P/c1-6-22-14-26(27(16-29)19(22)4)11-10-24-13-21(12-18(24)3)8-9-25-15-23(7-2)28(20(25)5)32-31-17-30/h6-11,17-29,32H,1-2,12-16H2,3-5H3/b9-8-,11-10-. The quantitative estimate of drug-likeness (QED) is 0.233. The largest absolute Gasteiger partial charge is 0.450 e. The Morgan fingerprint density at radius 1 is 0.844 bits per heavy atom. The normalized spacial score (nSPS) is 44.8. The highest BCUT2D eigenvalue weighted by Gasteiger charge is 2.40. The zero-order chi connectivity index (χ0) is 23.3. The Balaban J connectivity index is 1.56. The number of carbonyl (C=O) groups is 1. The lowest BCUT2D eigenvalue weighted by Crippen LogP contribution is -2.17. The molecule has 0 bridgehead atoms. The lowest BCUT2D eigenvalue weighted by atomic mass is 9.88. The third kappa shape index (κ3) is 5.65. The van der Waals surface area contributed by atoms with Gasteiger partial charge in [-0.1, -0.05) is 57.2 Å². The van der Waals surface area contributed by atoms with Crippen molar-refractivity contribution >= 4 is 15.3 Å². The second-order valence-corrected chi connectivity index (χ2v) is 11.8. The summed E-state index contributed by atoms with van der Waals surface area (Å²) in [5.74, 6) is 5.31. The predicted molar refractivity (Wildman–Crippen MR) is 135 cm³/mol. The number of aliphatic hydroxyl groups is 1. The van der Waals surface area contributed by atoms with Crippen LogP contribution in [0.2, 0.25) is 0 Å². The smallest absolute Gasteiger partial charge is 0.295 e. The van der Waals surface area contributed by atoms with Gasteiger partial charge < -0.3 is 9.63 Å². The maximum absolute atomic E-state index is 10.6.